The Kier molecular flexibility index (Phi) is 3.90. The number of halogens is 1. The van der Waals surface area contributed by atoms with Crippen LogP contribution in [0.1, 0.15) is 23.0 Å². The van der Waals surface area contributed by atoms with Gasteiger partial charge in [0.1, 0.15) is 0 Å². The molecule has 0 aliphatic rings. The van der Waals surface area contributed by atoms with Gasteiger partial charge in [0.25, 0.3) is 0 Å². The lowest BCUT2D eigenvalue weighted by Crippen LogP contribution is -2.05. The molecule has 0 spiro atoms. The molecule has 19 heavy (non-hydrogen) atoms. The van der Waals surface area contributed by atoms with Gasteiger partial charge in [0.2, 0.25) is 0 Å². The minimum Gasteiger partial charge on any atom is -0.465 e. The SMILES string of the molecule is CCn1c(C)c(C(=O)OC)c(Cl)c1-c1ccncc1. The van der Waals surface area contributed by atoms with Gasteiger partial charge in [-0.2, -0.15) is 0 Å². The summed E-state index contributed by atoms with van der Waals surface area (Å²) in [5.74, 6) is -0.412. The summed E-state index contributed by atoms with van der Waals surface area (Å²) in [6.07, 6.45) is 3.40. The first-order valence-electron chi connectivity index (χ1n) is 5.99. The predicted octanol–water partition coefficient (Wildman–Crippen LogP) is 3.32. The van der Waals surface area contributed by atoms with Gasteiger partial charge in [-0.15, -0.1) is 0 Å². The number of carbonyl (C=O) groups is 1. The highest BCUT2D eigenvalue weighted by atomic mass is 35.5. The van der Waals surface area contributed by atoms with E-state index in [0.717, 1.165) is 23.5 Å². The van der Waals surface area contributed by atoms with Crippen molar-refractivity contribution in [2.45, 2.75) is 20.4 Å². The average Bonchev–Trinajstić information content (AvgIpc) is 2.69. The van der Waals surface area contributed by atoms with Crippen molar-refractivity contribution in [3.63, 3.8) is 0 Å². The van der Waals surface area contributed by atoms with Gasteiger partial charge in [0.15, 0.2) is 0 Å². The van der Waals surface area contributed by atoms with Crippen LogP contribution in [-0.4, -0.2) is 22.6 Å². The Morgan fingerprint density at radius 2 is 2.05 bits per heavy atom. The molecule has 2 heterocycles. The maximum Gasteiger partial charge on any atom is 0.341 e. The molecule has 0 saturated carbocycles. The van der Waals surface area contributed by atoms with Crippen LogP contribution in [0.3, 0.4) is 0 Å². The summed E-state index contributed by atoms with van der Waals surface area (Å²) >= 11 is 6.38. The molecule has 5 heteroatoms. The third kappa shape index (κ3) is 2.24. The standard InChI is InChI=1S/C14H15ClN2O2/c1-4-17-9(2)11(14(18)19-3)12(15)13(17)10-5-7-16-8-6-10/h5-8H,4H2,1-3H3. The lowest BCUT2D eigenvalue weighted by atomic mass is 10.1. The lowest BCUT2D eigenvalue weighted by molar-refractivity contribution is 0.0600. The van der Waals surface area contributed by atoms with E-state index >= 15 is 0 Å². The van der Waals surface area contributed by atoms with Crippen molar-refractivity contribution in [2.24, 2.45) is 0 Å². The summed E-state index contributed by atoms with van der Waals surface area (Å²) in [5.41, 5.74) is 2.99. The molecule has 2 rings (SSSR count). The second-order valence-corrected chi connectivity index (χ2v) is 4.47. The Balaban J connectivity index is 2.71. The normalized spacial score (nSPS) is 10.5. The lowest BCUT2D eigenvalue weighted by Gasteiger charge is -2.08. The van der Waals surface area contributed by atoms with E-state index in [2.05, 4.69) is 4.98 Å². The van der Waals surface area contributed by atoms with Gasteiger partial charge < -0.3 is 9.30 Å². The highest BCUT2D eigenvalue weighted by molar-refractivity contribution is 6.36. The van der Waals surface area contributed by atoms with Crippen molar-refractivity contribution < 1.29 is 9.53 Å². The largest absolute Gasteiger partial charge is 0.465 e. The zero-order valence-electron chi connectivity index (χ0n) is 11.1. The molecule has 0 atom stereocenters. The van der Waals surface area contributed by atoms with E-state index in [-0.39, 0.29) is 0 Å². The van der Waals surface area contributed by atoms with Crippen LogP contribution < -0.4 is 0 Å². The van der Waals surface area contributed by atoms with Crippen molar-refractivity contribution in [2.75, 3.05) is 7.11 Å². The number of pyridine rings is 1. The van der Waals surface area contributed by atoms with Crippen LogP contribution in [-0.2, 0) is 11.3 Å². The summed E-state index contributed by atoms with van der Waals surface area (Å²) in [4.78, 5) is 15.8. The number of carbonyl (C=O) groups excluding carboxylic acids is 1. The Bertz CT molecular complexity index is 606. The summed E-state index contributed by atoms with van der Waals surface area (Å²) in [7, 11) is 1.35. The molecule has 2 aromatic rings. The number of methoxy groups -OCH3 is 1. The second-order valence-electron chi connectivity index (χ2n) is 4.09. The molecule has 2 aromatic heterocycles. The summed E-state index contributed by atoms with van der Waals surface area (Å²) < 4.78 is 6.80. The Hall–Kier alpha value is -1.81. The van der Waals surface area contributed by atoms with Gasteiger partial charge in [-0.25, -0.2) is 4.79 Å². The molecule has 0 fully saturated rings. The molecule has 0 unspecified atom stereocenters. The average molecular weight is 279 g/mol. The van der Waals surface area contributed by atoms with E-state index in [9.17, 15) is 4.79 Å². The molecule has 0 aliphatic carbocycles. The van der Waals surface area contributed by atoms with E-state index in [1.807, 2.05) is 30.5 Å². The number of nitrogens with zero attached hydrogens (tertiary/aromatic N) is 2. The van der Waals surface area contributed by atoms with Crippen LogP contribution in [0.15, 0.2) is 24.5 Å². The number of esters is 1. The zero-order valence-corrected chi connectivity index (χ0v) is 11.9. The van der Waals surface area contributed by atoms with Gasteiger partial charge in [0, 0.05) is 30.2 Å². The Morgan fingerprint density at radius 3 is 2.58 bits per heavy atom. The molecule has 0 aliphatic heterocycles. The van der Waals surface area contributed by atoms with Gasteiger partial charge in [-0.3, -0.25) is 4.98 Å². The fraction of sp³-hybridized carbons (Fsp3) is 0.286. The van der Waals surface area contributed by atoms with Crippen LogP contribution in [0.4, 0.5) is 0 Å². The van der Waals surface area contributed by atoms with Crippen LogP contribution in [0.2, 0.25) is 5.02 Å². The van der Waals surface area contributed by atoms with Gasteiger partial charge in [-0.05, 0) is 26.0 Å². The molecule has 0 radical (unpaired) electrons. The van der Waals surface area contributed by atoms with Gasteiger partial charge in [0.05, 0.1) is 23.4 Å². The number of hydrogen-bond acceptors (Lipinski definition) is 3. The Labute approximate surface area is 117 Å². The van der Waals surface area contributed by atoms with E-state index in [1.165, 1.54) is 7.11 Å². The minimum atomic E-state index is -0.412. The van der Waals surface area contributed by atoms with Crippen molar-refractivity contribution in [1.29, 1.82) is 0 Å². The predicted molar refractivity (Wildman–Crippen MR) is 74.4 cm³/mol. The van der Waals surface area contributed by atoms with E-state index in [4.69, 9.17) is 16.3 Å². The van der Waals surface area contributed by atoms with Gasteiger partial charge in [-0.1, -0.05) is 11.6 Å². The maximum absolute atomic E-state index is 11.8. The highest BCUT2D eigenvalue weighted by Gasteiger charge is 2.24. The molecule has 0 amide bonds. The van der Waals surface area contributed by atoms with E-state index in [1.54, 1.807) is 12.4 Å². The Morgan fingerprint density at radius 1 is 1.42 bits per heavy atom. The molecule has 0 saturated heterocycles. The van der Waals surface area contributed by atoms with Crippen LogP contribution in [0.25, 0.3) is 11.3 Å². The first kappa shape index (κ1) is 13.6. The zero-order chi connectivity index (χ0) is 14.0. The smallest absolute Gasteiger partial charge is 0.341 e. The number of aromatic nitrogens is 2. The number of ether oxygens (including phenoxy) is 1. The van der Waals surface area contributed by atoms with Crippen molar-refractivity contribution in [3.8, 4) is 11.3 Å². The number of hydrogen-bond donors (Lipinski definition) is 0. The molecular weight excluding hydrogens is 264 g/mol. The number of rotatable bonds is 3. The van der Waals surface area contributed by atoms with Crippen LogP contribution in [0, 0.1) is 6.92 Å². The maximum atomic E-state index is 11.8. The third-order valence-corrected chi connectivity index (χ3v) is 3.49. The van der Waals surface area contributed by atoms with Crippen LogP contribution >= 0.6 is 11.6 Å². The van der Waals surface area contributed by atoms with Crippen molar-refractivity contribution in [3.05, 3.63) is 40.8 Å². The minimum absolute atomic E-state index is 0.412. The molecule has 0 N–H and O–H groups in total. The fourth-order valence-electron chi connectivity index (χ4n) is 2.23. The highest BCUT2D eigenvalue weighted by Crippen LogP contribution is 2.35. The quantitative estimate of drug-likeness (QED) is 0.809. The van der Waals surface area contributed by atoms with Crippen molar-refractivity contribution in [1.82, 2.24) is 9.55 Å². The summed E-state index contributed by atoms with van der Waals surface area (Å²) in [5, 5.41) is 0.428. The second kappa shape index (κ2) is 5.45. The van der Waals surface area contributed by atoms with E-state index < -0.39 is 5.97 Å². The first-order valence-corrected chi connectivity index (χ1v) is 6.36. The molecule has 0 bridgehead atoms. The molecular formula is C14H15ClN2O2. The topological polar surface area (TPSA) is 44.1 Å². The summed E-state index contributed by atoms with van der Waals surface area (Å²) in [6, 6.07) is 3.74. The first-order chi connectivity index (χ1) is 9.11. The van der Waals surface area contributed by atoms with Crippen LogP contribution in [0.5, 0.6) is 0 Å². The van der Waals surface area contributed by atoms with E-state index in [0.29, 0.717) is 10.6 Å². The van der Waals surface area contributed by atoms with Gasteiger partial charge >= 0.3 is 5.97 Å². The fourth-order valence-corrected chi connectivity index (χ4v) is 2.65. The molecule has 100 valence electrons. The molecule has 0 aromatic carbocycles. The molecule has 4 nitrogen and oxygen atoms in total. The monoisotopic (exact) mass is 278 g/mol. The summed E-state index contributed by atoms with van der Waals surface area (Å²) in [6.45, 7) is 4.60. The van der Waals surface area contributed by atoms with Crippen molar-refractivity contribution >= 4 is 17.6 Å². The third-order valence-electron chi connectivity index (χ3n) is 3.12.